The highest BCUT2D eigenvalue weighted by Gasteiger charge is 2.00. The SMILES string of the molecule is S=C(NNc1ccccc1)Nc1cc(Cl)cc(Cl)c1. The van der Waals surface area contributed by atoms with Gasteiger partial charge in [0.05, 0.1) is 5.69 Å². The predicted octanol–water partition coefficient (Wildman–Crippen LogP) is 4.31. The molecule has 0 heterocycles. The highest BCUT2D eigenvalue weighted by Crippen LogP contribution is 2.22. The summed E-state index contributed by atoms with van der Waals surface area (Å²) in [4.78, 5) is 0. The second kappa shape index (κ2) is 6.61. The molecule has 19 heavy (non-hydrogen) atoms. The van der Waals surface area contributed by atoms with Crippen molar-refractivity contribution < 1.29 is 0 Å². The van der Waals surface area contributed by atoms with Crippen molar-refractivity contribution >= 4 is 51.9 Å². The third kappa shape index (κ3) is 4.59. The smallest absolute Gasteiger partial charge is 0.189 e. The first-order valence-electron chi connectivity index (χ1n) is 5.47. The summed E-state index contributed by atoms with van der Waals surface area (Å²) in [5.74, 6) is 0. The van der Waals surface area contributed by atoms with Crippen molar-refractivity contribution in [1.82, 2.24) is 5.43 Å². The molecule has 3 nitrogen and oxygen atoms in total. The number of halogens is 2. The van der Waals surface area contributed by atoms with Crippen LogP contribution in [-0.2, 0) is 0 Å². The van der Waals surface area contributed by atoms with Crippen LogP contribution in [0.3, 0.4) is 0 Å². The molecule has 0 saturated heterocycles. The number of hydrazine groups is 1. The summed E-state index contributed by atoms with van der Waals surface area (Å²) in [5.41, 5.74) is 7.48. The summed E-state index contributed by atoms with van der Waals surface area (Å²) < 4.78 is 0. The van der Waals surface area contributed by atoms with Gasteiger partial charge in [0.25, 0.3) is 0 Å². The largest absolute Gasteiger partial charge is 0.331 e. The Labute approximate surface area is 126 Å². The molecule has 0 fully saturated rings. The van der Waals surface area contributed by atoms with Crippen LogP contribution in [-0.4, -0.2) is 5.11 Å². The number of hydrogen-bond donors (Lipinski definition) is 3. The molecule has 2 aromatic rings. The van der Waals surface area contributed by atoms with Crippen molar-refractivity contribution in [2.24, 2.45) is 0 Å². The summed E-state index contributed by atoms with van der Waals surface area (Å²) in [5, 5.41) is 4.50. The second-order valence-electron chi connectivity index (χ2n) is 3.73. The first-order valence-corrected chi connectivity index (χ1v) is 6.64. The lowest BCUT2D eigenvalue weighted by Crippen LogP contribution is -2.33. The van der Waals surface area contributed by atoms with Gasteiger partial charge in [-0.15, -0.1) is 0 Å². The Hall–Kier alpha value is -1.49. The first kappa shape index (κ1) is 13.9. The second-order valence-corrected chi connectivity index (χ2v) is 5.01. The third-order valence-corrected chi connectivity index (χ3v) is 2.86. The van der Waals surface area contributed by atoms with E-state index in [-0.39, 0.29) is 0 Å². The van der Waals surface area contributed by atoms with E-state index in [9.17, 15) is 0 Å². The van der Waals surface area contributed by atoms with Crippen molar-refractivity contribution in [3.8, 4) is 0 Å². The Morgan fingerprint density at radius 3 is 2.16 bits per heavy atom. The number of para-hydroxylation sites is 1. The van der Waals surface area contributed by atoms with E-state index >= 15 is 0 Å². The molecule has 0 spiro atoms. The molecule has 0 unspecified atom stereocenters. The minimum atomic E-state index is 0.419. The van der Waals surface area contributed by atoms with Crippen molar-refractivity contribution in [1.29, 1.82) is 0 Å². The molecule has 2 aromatic carbocycles. The van der Waals surface area contributed by atoms with Gasteiger partial charge in [-0.2, -0.15) is 0 Å². The van der Waals surface area contributed by atoms with Gasteiger partial charge in [0.2, 0.25) is 0 Å². The topological polar surface area (TPSA) is 36.1 Å². The Morgan fingerprint density at radius 1 is 0.895 bits per heavy atom. The molecule has 0 aromatic heterocycles. The summed E-state index contributed by atoms with van der Waals surface area (Å²) in [6.45, 7) is 0. The van der Waals surface area contributed by atoms with Crippen LogP contribution >= 0.6 is 35.4 Å². The molecule has 2 rings (SSSR count). The number of anilines is 2. The Bertz CT molecular complexity index is 555. The van der Waals surface area contributed by atoms with Crippen molar-refractivity contribution in [3.63, 3.8) is 0 Å². The Balaban J connectivity index is 1.91. The number of benzene rings is 2. The number of hydrogen-bond acceptors (Lipinski definition) is 2. The third-order valence-electron chi connectivity index (χ3n) is 2.21. The lowest BCUT2D eigenvalue weighted by molar-refractivity contribution is 1.14. The normalized spacial score (nSPS) is 9.79. The zero-order chi connectivity index (χ0) is 13.7. The highest BCUT2D eigenvalue weighted by atomic mass is 35.5. The van der Waals surface area contributed by atoms with Gasteiger partial charge in [-0.3, -0.25) is 10.9 Å². The Kier molecular flexibility index (Phi) is 4.85. The molecule has 6 heteroatoms. The van der Waals surface area contributed by atoms with Crippen LogP contribution in [0.1, 0.15) is 0 Å². The van der Waals surface area contributed by atoms with Crippen LogP contribution in [0.15, 0.2) is 48.5 Å². The first-order chi connectivity index (χ1) is 9.13. The number of thiocarbonyl (C=S) groups is 1. The van der Waals surface area contributed by atoms with Crippen LogP contribution in [0.5, 0.6) is 0 Å². The quantitative estimate of drug-likeness (QED) is 0.583. The summed E-state index contributed by atoms with van der Waals surface area (Å²) in [7, 11) is 0. The van der Waals surface area contributed by atoms with E-state index in [0.29, 0.717) is 15.2 Å². The van der Waals surface area contributed by atoms with Gasteiger partial charge in [0.1, 0.15) is 0 Å². The van der Waals surface area contributed by atoms with E-state index in [1.54, 1.807) is 18.2 Å². The maximum atomic E-state index is 5.90. The minimum absolute atomic E-state index is 0.419. The van der Waals surface area contributed by atoms with Gasteiger partial charge in [-0.05, 0) is 42.5 Å². The Morgan fingerprint density at radius 2 is 1.53 bits per heavy atom. The summed E-state index contributed by atoms with van der Waals surface area (Å²) in [6, 6.07) is 14.8. The van der Waals surface area contributed by atoms with Gasteiger partial charge in [-0.25, -0.2) is 0 Å². The average molecular weight is 312 g/mol. The molecule has 0 atom stereocenters. The fraction of sp³-hybridized carbons (Fsp3) is 0. The van der Waals surface area contributed by atoms with Crippen LogP contribution in [0.25, 0.3) is 0 Å². The summed E-state index contributed by atoms with van der Waals surface area (Å²) in [6.07, 6.45) is 0. The molecule has 0 bridgehead atoms. The average Bonchev–Trinajstić information content (AvgIpc) is 2.36. The van der Waals surface area contributed by atoms with Gasteiger partial charge in [-0.1, -0.05) is 41.4 Å². The van der Waals surface area contributed by atoms with Crippen molar-refractivity contribution in [3.05, 3.63) is 58.6 Å². The fourth-order valence-electron chi connectivity index (χ4n) is 1.44. The van der Waals surface area contributed by atoms with Crippen LogP contribution < -0.4 is 16.2 Å². The fourth-order valence-corrected chi connectivity index (χ4v) is 2.13. The number of rotatable bonds is 3. The molecule has 0 aliphatic carbocycles. The zero-order valence-electron chi connectivity index (χ0n) is 9.78. The van der Waals surface area contributed by atoms with E-state index in [1.165, 1.54) is 0 Å². The van der Waals surface area contributed by atoms with Gasteiger partial charge in [0.15, 0.2) is 5.11 Å². The molecule has 0 aliphatic heterocycles. The van der Waals surface area contributed by atoms with E-state index in [1.807, 2.05) is 30.3 Å². The van der Waals surface area contributed by atoms with Crippen molar-refractivity contribution in [2.45, 2.75) is 0 Å². The maximum absolute atomic E-state index is 5.90. The van der Waals surface area contributed by atoms with Crippen LogP contribution in [0.2, 0.25) is 10.0 Å². The van der Waals surface area contributed by atoms with Gasteiger partial charge >= 0.3 is 0 Å². The minimum Gasteiger partial charge on any atom is -0.331 e. The lowest BCUT2D eigenvalue weighted by atomic mass is 10.3. The summed E-state index contributed by atoms with van der Waals surface area (Å²) >= 11 is 17.0. The molecule has 0 aliphatic rings. The van der Waals surface area contributed by atoms with E-state index < -0.39 is 0 Å². The molecular weight excluding hydrogens is 301 g/mol. The van der Waals surface area contributed by atoms with E-state index in [2.05, 4.69) is 16.2 Å². The standard InChI is InChI=1S/C13H11Cl2N3S/c14-9-6-10(15)8-12(7-9)16-13(19)18-17-11-4-2-1-3-5-11/h1-8,17H,(H2,16,18,19). The molecular formula is C13H11Cl2N3S. The molecule has 0 saturated carbocycles. The van der Waals surface area contributed by atoms with Gasteiger partial charge < -0.3 is 5.32 Å². The van der Waals surface area contributed by atoms with E-state index in [4.69, 9.17) is 35.4 Å². The van der Waals surface area contributed by atoms with Gasteiger partial charge in [0, 0.05) is 15.7 Å². The molecule has 0 radical (unpaired) electrons. The van der Waals surface area contributed by atoms with Crippen LogP contribution in [0.4, 0.5) is 11.4 Å². The maximum Gasteiger partial charge on any atom is 0.189 e. The zero-order valence-corrected chi connectivity index (χ0v) is 12.1. The molecule has 3 N–H and O–H groups in total. The monoisotopic (exact) mass is 311 g/mol. The van der Waals surface area contributed by atoms with Crippen molar-refractivity contribution in [2.75, 3.05) is 10.7 Å². The highest BCUT2D eigenvalue weighted by molar-refractivity contribution is 7.80. The molecule has 98 valence electrons. The lowest BCUT2D eigenvalue weighted by Gasteiger charge is -2.12. The van der Waals surface area contributed by atoms with Crippen LogP contribution in [0, 0.1) is 0 Å². The molecule has 0 amide bonds. The predicted molar refractivity (Wildman–Crippen MR) is 85.9 cm³/mol. The van der Waals surface area contributed by atoms with E-state index in [0.717, 1.165) is 11.4 Å². The number of nitrogens with one attached hydrogen (secondary N) is 3.